The molecule has 0 aliphatic heterocycles. The zero-order chi connectivity index (χ0) is 21.9. The molecule has 5 aromatic rings. The summed E-state index contributed by atoms with van der Waals surface area (Å²) in [6, 6.07) is 43.7. The van der Waals surface area contributed by atoms with Crippen molar-refractivity contribution in [1.29, 1.82) is 0 Å². The molecule has 0 bridgehead atoms. The first-order chi connectivity index (χ1) is 15.7. The first kappa shape index (κ1) is 20.0. The van der Waals surface area contributed by atoms with Gasteiger partial charge >= 0.3 is 0 Å². The molecule has 5 rings (SSSR count). The van der Waals surface area contributed by atoms with Gasteiger partial charge in [-0.25, -0.2) is 0 Å². The van der Waals surface area contributed by atoms with E-state index >= 15 is 0 Å². The van der Waals surface area contributed by atoms with E-state index in [2.05, 4.69) is 135 Å². The monoisotopic (exact) mass is 410 g/mol. The summed E-state index contributed by atoms with van der Waals surface area (Å²) in [4.78, 5) is 0. The molecular weight excluding hydrogens is 384 g/mol. The lowest BCUT2D eigenvalue weighted by Gasteiger charge is -2.18. The average molecular weight is 411 g/mol. The van der Waals surface area contributed by atoms with Crippen LogP contribution in [-0.2, 0) is 0 Å². The van der Waals surface area contributed by atoms with Gasteiger partial charge in [0.2, 0.25) is 0 Å². The fraction of sp³-hybridized carbons (Fsp3) is 0.0625. The molecule has 0 unspecified atom stereocenters. The Morgan fingerprint density at radius 1 is 0.312 bits per heavy atom. The summed E-state index contributed by atoms with van der Waals surface area (Å²) in [6.45, 7) is 4.32. The summed E-state index contributed by atoms with van der Waals surface area (Å²) in [5, 5.41) is 0. The lowest BCUT2D eigenvalue weighted by molar-refractivity contribution is 1.45. The largest absolute Gasteiger partial charge is 0.0622 e. The summed E-state index contributed by atoms with van der Waals surface area (Å²) >= 11 is 0. The fourth-order valence-corrected chi connectivity index (χ4v) is 4.45. The summed E-state index contributed by atoms with van der Waals surface area (Å²) in [6.07, 6.45) is 0. The van der Waals surface area contributed by atoms with E-state index in [4.69, 9.17) is 0 Å². The summed E-state index contributed by atoms with van der Waals surface area (Å²) in [5.74, 6) is 0. The highest BCUT2D eigenvalue weighted by atomic mass is 14.2. The molecule has 0 aliphatic rings. The van der Waals surface area contributed by atoms with Crippen LogP contribution in [0.4, 0.5) is 0 Å². The van der Waals surface area contributed by atoms with Gasteiger partial charge in [-0.3, -0.25) is 0 Å². The van der Waals surface area contributed by atoms with Crippen LogP contribution in [-0.4, -0.2) is 0 Å². The van der Waals surface area contributed by atoms with Crippen LogP contribution in [0.15, 0.2) is 121 Å². The van der Waals surface area contributed by atoms with Crippen LogP contribution in [0.2, 0.25) is 0 Å². The maximum Gasteiger partial charge on any atom is -0.00990 e. The van der Waals surface area contributed by atoms with Crippen molar-refractivity contribution in [3.05, 3.63) is 132 Å². The van der Waals surface area contributed by atoms with Crippen molar-refractivity contribution in [1.82, 2.24) is 0 Å². The molecule has 0 amide bonds. The molecule has 0 fully saturated rings. The molecule has 0 atom stereocenters. The molecule has 0 heterocycles. The SMILES string of the molecule is Cc1ccc(-c2ccccc2-c2ccc(C)cc2-c2ccccc2)c(-c2ccccc2)c1. The van der Waals surface area contributed by atoms with E-state index in [1.54, 1.807) is 0 Å². The highest BCUT2D eigenvalue weighted by molar-refractivity contribution is 5.96. The van der Waals surface area contributed by atoms with Crippen LogP contribution in [0.5, 0.6) is 0 Å². The summed E-state index contributed by atoms with van der Waals surface area (Å²) < 4.78 is 0. The topological polar surface area (TPSA) is 0 Å². The number of aryl methyl sites for hydroxylation is 2. The van der Waals surface area contributed by atoms with Crippen molar-refractivity contribution in [2.24, 2.45) is 0 Å². The molecule has 0 aliphatic carbocycles. The second kappa shape index (κ2) is 8.69. The van der Waals surface area contributed by atoms with Gasteiger partial charge in [-0.15, -0.1) is 0 Å². The van der Waals surface area contributed by atoms with Crippen LogP contribution in [0.3, 0.4) is 0 Å². The molecule has 0 aromatic heterocycles. The molecule has 5 aromatic carbocycles. The summed E-state index contributed by atoms with van der Waals surface area (Å²) in [7, 11) is 0. The highest BCUT2D eigenvalue weighted by Gasteiger charge is 2.15. The van der Waals surface area contributed by atoms with Crippen molar-refractivity contribution < 1.29 is 0 Å². The lowest BCUT2D eigenvalue weighted by Crippen LogP contribution is -1.92. The molecule has 154 valence electrons. The molecule has 0 nitrogen and oxygen atoms in total. The predicted octanol–water partition coefficient (Wildman–Crippen LogP) is 8.97. The quantitative estimate of drug-likeness (QED) is 0.277. The second-order valence-corrected chi connectivity index (χ2v) is 8.38. The molecule has 0 spiro atoms. The number of rotatable bonds is 4. The number of benzene rings is 5. The Morgan fingerprint density at radius 3 is 1.06 bits per heavy atom. The number of hydrogen-bond acceptors (Lipinski definition) is 0. The fourth-order valence-electron chi connectivity index (χ4n) is 4.45. The van der Waals surface area contributed by atoms with Gasteiger partial charge in [0.25, 0.3) is 0 Å². The van der Waals surface area contributed by atoms with Crippen molar-refractivity contribution in [3.8, 4) is 44.5 Å². The van der Waals surface area contributed by atoms with Crippen LogP contribution in [0.25, 0.3) is 44.5 Å². The number of hydrogen-bond donors (Lipinski definition) is 0. The zero-order valence-corrected chi connectivity index (χ0v) is 18.5. The average Bonchev–Trinajstić information content (AvgIpc) is 2.85. The summed E-state index contributed by atoms with van der Waals surface area (Å²) in [5.41, 5.74) is 12.6. The van der Waals surface area contributed by atoms with E-state index in [1.165, 1.54) is 55.6 Å². The Hall–Kier alpha value is -3.90. The third-order valence-electron chi connectivity index (χ3n) is 6.03. The Morgan fingerprint density at radius 2 is 0.656 bits per heavy atom. The van der Waals surface area contributed by atoms with Gasteiger partial charge in [-0.05, 0) is 58.4 Å². The predicted molar refractivity (Wildman–Crippen MR) is 138 cm³/mol. The van der Waals surface area contributed by atoms with Gasteiger partial charge in [0.05, 0.1) is 0 Å². The van der Waals surface area contributed by atoms with E-state index in [9.17, 15) is 0 Å². The molecular formula is C32H26. The van der Waals surface area contributed by atoms with E-state index in [0.717, 1.165) is 0 Å². The van der Waals surface area contributed by atoms with Crippen LogP contribution >= 0.6 is 0 Å². The van der Waals surface area contributed by atoms with E-state index in [1.807, 2.05) is 0 Å². The molecule has 0 heteroatoms. The minimum absolute atomic E-state index is 1.24. The van der Waals surface area contributed by atoms with Crippen LogP contribution in [0.1, 0.15) is 11.1 Å². The minimum atomic E-state index is 1.24. The van der Waals surface area contributed by atoms with Crippen molar-refractivity contribution in [2.45, 2.75) is 13.8 Å². The maximum absolute atomic E-state index is 2.30. The molecule has 0 saturated heterocycles. The Kier molecular flexibility index (Phi) is 5.44. The molecule has 32 heavy (non-hydrogen) atoms. The van der Waals surface area contributed by atoms with Crippen molar-refractivity contribution in [2.75, 3.05) is 0 Å². The van der Waals surface area contributed by atoms with E-state index in [0.29, 0.717) is 0 Å². The minimum Gasteiger partial charge on any atom is -0.0622 e. The van der Waals surface area contributed by atoms with E-state index < -0.39 is 0 Å². The van der Waals surface area contributed by atoms with Gasteiger partial charge in [0.1, 0.15) is 0 Å². The highest BCUT2D eigenvalue weighted by Crippen LogP contribution is 2.41. The van der Waals surface area contributed by atoms with Crippen LogP contribution < -0.4 is 0 Å². The molecule has 0 radical (unpaired) electrons. The maximum atomic E-state index is 2.30. The Balaban J connectivity index is 1.76. The van der Waals surface area contributed by atoms with Gasteiger partial charge < -0.3 is 0 Å². The van der Waals surface area contributed by atoms with Crippen molar-refractivity contribution in [3.63, 3.8) is 0 Å². The van der Waals surface area contributed by atoms with Crippen LogP contribution in [0, 0.1) is 13.8 Å². The van der Waals surface area contributed by atoms with Crippen molar-refractivity contribution >= 4 is 0 Å². The lowest BCUT2D eigenvalue weighted by atomic mass is 9.86. The first-order valence-corrected chi connectivity index (χ1v) is 11.1. The Bertz CT molecular complexity index is 1250. The third-order valence-corrected chi connectivity index (χ3v) is 6.03. The van der Waals surface area contributed by atoms with Gasteiger partial charge in [0.15, 0.2) is 0 Å². The third kappa shape index (κ3) is 3.88. The zero-order valence-electron chi connectivity index (χ0n) is 18.5. The Labute approximate surface area is 190 Å². The van der Waals surface area contributed by atoms with Gasteiger partial charge in [-0.1, -0.05) is 132 Å². The first-order valence-electron chi connectivity index (χ1n) is 11.1. The molecule has 0 N–H and O–H groups in total. The smallest absolute Gasteiger partial charge is 0.00990 e. The van der Waals surface area contributed by atoms with Gasteiger partial charge in [0, 0.05) is 0 Å². The normalized spacial score (nSPS) is 10.8. The molecule has 0 saturated carbocycles. The second-order valence-electron chi connectivity index (χ2n) is 8.38. The standard InChI is InChI=1S/C32H26/c1-23-17-19-29(31(21-23)25-11-5-3-6-12-25)27-15-9-10-16-28(27)30-20-18-24(2)22-32(30)26-13-7-4-8-14-26/h3-22H,1-2H3. The van der Waals surface area contributed by atoms with Gasteiger partial charge in [-0.2, -0.15) is 0 Å². The van der Waals surface area contributed by atoms with E-state index in [-0.39, 0.29) is 0 Å².